The second-order valence-electron chi connectivity index (χ2n) is 4.31. The fourth-order valence-corrected chi connectivity index (χ4v) is 2.21. The van der Waals surface area contributed by atoms with E-state index in [2.05, 4.69) is 5.32 Å². The van der Waals surface area contributed by atoms with Crippen molar-refractivity contribution in [3.05, 3.63) is 35.1 Å². The number of fused-ring (bicyclic) bond motifs is 2. The van der Waals surface area contributed by atoms with E-state index in [0.29, 0.717) is 6.42 Å². The van der Waals surface area contributed by atoms with Gasteiger partial charge >= 0.3 is 0 Å². The number of primary amides is 1. The van der Waals surface area contributed by atoms with E-state index in [4.69, 9.17) is 5.73 Å². The number of carbonyl (C=O) groups excluding carboxylic acids is 2. The van der Waals surface area contributed by atoms with Gasteiger partial charge in [0.05, 0.1) is 0 Å². The lowest BCUT2D eigenvalue weighted by atomic mass is 9.97. The first-order chi connectivity index (χ1) is 8.11. The zero-order valence-corrected chi connectivity index (χ0v) is 9.82. The molecule has 1 fully saturated rings. The number of allylic oxidation sites excluding steroid dienone is 5. The number of ketones is 1. The Bertz CT molecular complexity index is 458. The number of Topliss-reactive ketones (excluding diaryl/α,β-unsaturated/α-hetero) is 1. The highest BCUT2D eigenvalue weighted by atomic mass is 16.1. The zero-order chi connectivity index (χ0) is 12.4. The van der Waals surface area contributed by atoms with E-state index >= 15 is 0 Å². The summed E-state index contributed by atoms with van der Waals surface area (Å²) in [6.45, 7) is 2.02. The second kappa shape index (κ2) is 4.57. The van der Waals surface area contributed by atoms with Gasteiger partial charge in [-0.3, -0.25) is 9.59 Å². The minimum absolute atomic E-state index is 0.0214. The standard InChI is InChI=1S/C13H16N2O2/c1-2-8-4-3-5-9-6-10(8)12(16)7-11(15-9)13(14)17/h3-5,11,15H,2,6-7H2,1H3,(H2,14,17). The van der Waals surface area contributed by atoms with Crippen molar-refractivity contribution in [3.63, 3.8) is 0 Å². The molecule has 3 N–H and O–H groups in total. The smallest absolute Gasteiger partial charge is 0.240 e. The summed E-state index contributed by atoms with van der Waals surface area (Å²) in [6.07, 6.45) is 7.31. The van der Waals surface area contributed by atoms with Crippen LogP contribution in [-0.4, -0.2) is 17.7 Å². The third kappa shape index (κ3) is 2.30. The van der Waals surface area contributed by atoms with Crippen LogP contribution in [0.15, 0.2) is 35.1 Å². The molecule has 0 radical (unpaired) electrons. The van der Waals surface area contributed by atoms with Crippen LogP contribution in [0.2, 0.25) is 0 Å². The molecule has 0 aromatic rings. The molecule has 0 spiro atoms. The van der Waals surface area contributed by atoms with Gasteiger partial charge in [0.2, 0.25) is 5.91 Å². The van der Waals surface area contributed by atoms with E-state index in [0.717, 1.165) is 23.3 Å². The van der Waals surface area contributed by atoms with Crippen molar-refractivity contribution >= 4 is 11.7 Å². The summed E-state index contributed by atoms with van der Waals surface area (Å²) < 4.78 is 0. The van der Waals surface area contributed by atoms with Crippen LogP contribution in [0.5, 0.6) is 0 Å². The van der Waals surface area contributed by atoms with Gasteiger partial charge in [0.15, 0.2) is 5.78 Å². The molecule has 1 saturated heterocycles. The second-order valence-corrected chi connectivity index (χ2v) is 4.31. The summed E-state index contributed by atoms with van der Waals surface area (Å²) in [5, 5.41) is 3.04. The van der Waals surface area contributed by atoms with Gasteiger partial charge in [-0.15, -0.1) is 0 Å². The molecule has 1 unspecified atom stereocenters. The average Bonchev–Trinajstić information content (AvgIpc) is 2.58. The summed E-state index contributed by atoms with van der Waals surface area (Å²) in [5.41, 5.74) is 8.01. The highest BCUT2D eigenvalue weighted by molar-refractivity contribution is 6.01. The molecule has 90 valence electrons. The molecule has 2 bridgehead atoms. The van der Waals surface area contributed by atoms with E-state index < -0.39 is 11.9 Å². The predicted octanol–water partition coefficient (Wildman–Crippen LogP) is 0.953. The molecule has 0 aromatic carbocycles. The highest BCUT2D eigenvalue weighted by Crippen LogP contribution is 2.26. The summed E-state index contributed by atoms with van der Waals surface area (Å²) in [7, 11) is 0. The minimum Gasteiger partial charge on any atom is -0.376 e. The lowest BCUT2D eigenvalue weighted by Crippen LogP contribution is -2.40. The Balaban J connectivity index is 2.41. The molecule has 4 nitrogen and oxygen atoms in total. The molecule has 2 rings (SSSR count). The molecule has 1 aliphatic carbocycles. The van der Waals surface area contributed by atoms with E-state index in [1.54, 1.807) is 0 Å². The minimum atomic E-state index is -0.587. The van der Waals surface area contributed by atoms with Crippen LogP contribution in [-0.2, 0) is 9.59 Å². The van der Waals surface area contributed by atoms with Crippen LogP contribution in [0, 0.1) is 0 Å². The van der Waals surface area contributed by atoms with Gasteiger partial charge in [0.25, 0.3) is 0 Å². The lowest BCUT2D eigenvalue weighted by molar-refractivity contribution is -0.123. The molecule has 1 atom stereocenters. The Kier molecular flexibility index (Phi) is 3.13. The van der Waals surface area contributed by atoms with Gasteiger partial charge in [0.1, 0.15) is 6.04 Å². The van der Waals surface area contributed by atoms with Gasteiger partial charge in [0, 0.05) is 24.1 Å². The molecular weight excluding hydrogens is 216 g/mol. The van der Waals surface area contributed by atoms with Crippen molar-refractivity contribution in [1.82, 2.24) is 5.32 Å². The van der Waals surface area contributed by atoms with Gasteiger partial charge in [-0.05, 0) is 18.1 Å². The lowest BCUT2D eigenvalue weighted by Gasteiger charge is -2.13. The maximum absolute atomic E-state index is 12.1. The molecular formula is C13H16N2O2. The van der Waals surface area contributed by atoms with Crippen LogP contribution in [0.4, 0.5) is 0 Å². The summed E-state index contributed by atoms with van der Waals surface area (Å²) >= 11 is 0. The van der Waals surface area contributed by atoms with Crippen molar-refractivity contribution in [2.24, 2.45) is 5.73 Å². The molecule has 1 heterocycles. The van der Waals surface area contributed by atoms with Crippen LogP contribution in [0.25, 0.3) is 0 Å². The van der Waals surface area contributed by atoms with E-state index in [1.807, 2.05) is 25.2 Å². The Hall–Kier alpha value is -1.84. The number of nitrogens with two attached hydrogens (primary N) is 1. The van der Waals surface area contributed by atoms with E-state index in [9.17, 15) is 9.59 Å². The number of hydrogen-bond donors (Lipinski definition) is 2. The number of hydrogen-bond acceptors (Lipinski definition) is 3. The van der Waals surface area contributed by atoms with Crippen molar-refractivity contribution in [2.75, 3.05) is 0 Å². The zero-order valence-electron chi connectivity index (χ0n) is 9.82. The van der Waals surface area contributed by atoms with Gasteiger partial charge in [-0.25, -0.2) is 0 Å². The summed E-state index contributed by atoms with van der Waals surface area (Å²) in [4.78, 5) is 23.3. The first kappa shape index (κ1) is 11.6. The van der Waals surface area contributed by atoms with Crippen molar-refractivity contribution in [2.45, 2.75) is 32.2 Å². The molecule has 1 aliphatic heterocycles. The molecule has 4 heteroatoms. The average molecular weight is 232 g/mol. The Labute approximate surface area is 100 Å². The molecule has 0 aromatic heterocycles. The normalized spacial score (nSPS) is 23.7. The van der Waals surface area contributed by atoms with Crippen LogP contribution >= 0.6 is 0 Å². The Morgan fingerprint density at radius 2 is 2.35 bits per heavy atom. The molecule has 2 aliphatic rings. The fourth-order valence-electron chi connectivity index (χ4n) is 2.21. The fraction of sp³-hybridized carbons (Fsp3) is 0.385. The van der Waals surface area contributed by atoms with E-state index in [1.165, 1.54) is 0 Å². The van der Waals surface area contributed by atoms with Crippen molar-refractivity contribution in [3.8, 4) is 0 Å². The largest absolute Gasteiger partial charge is 0.376 e. The van der Waals surface area contributed by atoms with E-state index in [-0.39, 0.29) is 12.2 Å². The monoisotopic (exact) mass is 232 g/mol. The SMILES string of the molecule is CCC1=C2CC(=CC=C1)NC(C(N)=O)CC2=O. The number of amides is 1. The van der Waals surface area contributed by atoms with Crippen molar-refractivity contribution in [1.29, 1.82) is 0 Å². The van der Waals surface area contributed by atoms with Gasteiger partial charge < -0.3 is 11.1 Å². The molecule has 17 heavy (non-hydrogen) atoms. The first-order valence-corrected chi connectivity index (χ1v) is 5.80. The van der Waals surface area contributed by atoms with Gasteiger partial charge in [-0.2, -0.15) is 0 Å². The number of nitrogens with one attached hydrogen (secondary N) is 1. The Morgan fingerprint density at radius 3 is 3.00 bits per heavy atom. The van der Waals surface area contributed by atoms with Crippen molar-refractivity contribution < 1.29 is 9.59 Å². The topological polar surface area (TPSA) is 72.2 Å². The maximum Gasteiger partial charge on any atom is 0.240 e. The van der Waals surface area contributed by atoms with Crippen LogP contribution in [0.1, 0.15) is 26.2 Å². The molecule has 1 amide bonds. The number of rotatable bonds is 2. The summed E-state index contributed by atoms with van der Waals surface area (Å²) in [6, 6.07) is -0.587. The van der Waals surface area contributed by atoms with Crippen LogP contribution in [0.3, 0.4) is 0 Å². The number of carbonyl (C=O) groups is 2. The highest BCUT2D eigenvalue weighted by Gasteiger charge is 2.28. The van der Waals surface area contributed by atoms with Gasteiger partial charge in [-0.1, -0.05) is 19.1 Å². The molecule has 0 saturated carbocycles. The maximum atomic E-state index is 12.1. The van der Waals surface area contributed by atoms with Crippen LogP contribution < -0.4 is 11.1 Å². The quantitative estimate of drug-likeness (QED) is 0.744. The summed E-state index contributed by atoms with van der Waals surface area (Å²) in [5.74, 6) is -0.457. The third-order valence-electron chi connectivity index (χ3n) is 3.16. The predicted molar refractivity (Wildman–Crippen MR) is 64.9 cm³/mol. The first-order valence-electron chi connectivity index (χ1n) is 5.80. The Morgan fingerprint density at radius 1 is 1.59 bits per heavy atom. The third-order valence-corrected chi connectivity index (χ3v) is 3.16.